The number of halogens is 1. The van der Waals surface area contributed by atoms with Crippen molar-refractivity contribution >= 4 is 24.0 Å². The van der Waals surface area contributed by atoms with Crippen LogP contribution in [-0.2, 0) is 0 Å². The van der Waals surface area contributed by atoms with Gasteiger partial charge in [0.25, 0.3) is 5.91 Å². The first-order chi connectivity index (χ1) is 18.5. The number of carbonyl (C=O) groups excluding carboxylic acids is 1. The van der Waals surface area contributed by atoms with E-state index in [9.17, 15) is 4.79 Å². The predicted octanol–water partition coefficient (Wildman–Crippen LogP) is 6.59. The first-order valence-corrected chi connectivity index (χ1v) is 14.6. The van der Waals surface area contributed by atoms with Gasteiger partial charge in [0.1, 0.15) is 0 Å². The molecule has 1 saturated heterocycles. The molecule has 0 aromatic heterocycles. The van der Waals surface area contributed by atoms with Crippen LogP contribution in [-0.4, -0.2) is 73.9 Å². The lowest BCUT2D eigenvalue weighted by Crippen LogP contribution is -2.41. The predicted molar refractivity (Wildman–Crippen MR) is 162 cm³/mol. The first-order valence-electron chi connectivity index (χ1n) is 14.6. The molecule has 6 nitrogen and oxygen atoms in total. The quantitative estimate of drug-likeness (QED) is 0.296. The molecule has 2 atom stereocenters. The second kappa shape index (κ2) is 14.7. The van der Waals surface area contributed by atoms with Crippen LogP contribution in [0.4, 0.5) is 0 Å². The summed E-state index contributed by atoms with van der Waals surface area (Å²) in [6, 6.07) is 12.6. The summed E-state index contributed by atoms with van der Waals surface area (Å²) >= 11 is 0. The van der Waals surface area contributed by atoms with Gasteiger partial charge in [0.05, 0.1) is 25.0 Å². The minimum Gasteiger partial charge on any atom is -0.490 e. The Morgan fingerprint density at radius 3 is 2.18 bits per heavy atom. The van der Waals surface area contributed by atoms with Crippen LogP contribution in [0.25, 0.3) is 0 Å². The van der Waals surface area contributed by atoms with E-state index in [0.29, 0.717) is 19.1 Å². The summed E-state index contributed by atoms with van der Waals surface area (Å²) in [5, 5.41) is 0. The fourth-order valence-electron chi connectivity index (χ4n) is 5.62. The second-order valence-corrected chi connectivity index (χ2v) is 10.5. The third kappa shape index (κ3) is 7.15. The average Bonchev–Trinajstić information content (AvgIpc) is 2.93. The molecule has 7 heteroatoms. The molecule has 0 radical (unpaired) electrons. The molecule has 214 valence electrons. The summed E-state index contributed by atoms with van der Waals surface area (Å²) in [5.74, 6) is 2.02. The van der Waals surface area contributed by atoms with Crippen molar-refractivity contribution in [3.63, 3.8) is 0 Å². The van der Waals surface area contributed by atoms with E-state index in [-0.39, 0.29) is 24.4 Å². The zero-order valence-electron chi connectivity index (χ0n) is 24.4. The number of rotatable bonds is 12. The van der Waals surface area contributed by atoms with Crippen LogP contribution in [0, 0.1) is 0 Å². The minimum absolute atomic E-state index is 0. The molecule has 0 bridgehead atoms. The Balaban J connectivity index is 0.00000420. The summed E-state index contributed by atoms with van der Waals surface area (Å²) < 4.78 is 12.0. The largest absolute Gasteiger partial charge is 0.490 e. The number of hydrogen-bond acceptors (Lipinski definition) is 5. The molecule has 2 aromatic carbocycles. The Labute approximate surface area is 241 Å². The fraction of sp³-hybridized carbons (Fsp3) is 0.562. The van der Waals surface area contributed by atoms with Crippen molar-refractivity contribution in [2.24, 2.45) is 4.99 Å². The van der Waals surface area contributed by atoms with E-state index in [1.807, 2.05) is 30.9 Å². The number of ether oxygens (including phenoxy) is 2. The molecule has 0 aliphatic carbocycles. The number of benzene rings is 2. The van der Waals surface area contributed by atoms with Gasteiger partial charge in [0.2, 0.25) is 0 Å². The summed E-state index contributed by atoms with van der Waals surface area (Å²) in [5.41, 5.74) is 5.17. The second-order valence-electron chi connectivity index (χ2n) is 10.5. The smallest absolute Gasteiger partial charge is 0.253 e. The van der Waals surface area contributed by atoms with Crippen molar-refractivity contribution in [2.45, 2.75) is 71.8 Å². The minimum atomic E-state index is 0. The molecular weight excluding hydrogens is 510 g/mol. The topological polar surface area (TPSA) is 54.4 Å². The van der Waals surface area contributed by atoms with E-state index in [1.165, 1.54) is 5.56 Å². The number of carbonyl (C=O) groups is 1. The van der Waals surface area contributed by atoms with Crippen molar-refractivity contribution in [1.29, 1.82) is 0 Å². The Kier molecular flexibility index (Phi) is 11.7. The molecule has 2 unspecified atom stereocenters. The van der Waals surface area contributed by atoms with Gasteiger partial charge in [-0.2, -0.15) is 0 Å². The van der Waals surface area contributed by atoms with Crippen molar-refractivity contribution in [3.8, 4) is 11.5 Å². The molecule has 2 aliphatic heterocycles. The molecule has 4 rings (SSSR count). The van der Waals surface area contributed by atoms with Gasteiger partial charge in [-0.1, -0.05) is 38.8 Å². The van der Waals surface area contributed by atoms with Crippen LogP contribution in [0.15, 0.2) is 41.4 Å². The van der Waals surface area contributed by atoms with E-state index in [1.54, 1.807) is 0 Å². The lowest BCUT2D eigenvalue weighted by Gasteiger charge is -2.39. The summed E-state index contributed by atoms with van der Waals surface area (Å²) in [7, 11) is 2.19. The third-order valence-electron chi connectivity index (χ3n) is 7.70. The Morgan fingerprint density at radius 1 is 0.974 bits per heavy atom. The normalized spacial score (nSPS) is 18.3. The molecule has 0 N–H and O–H groups in total. The molecule has 1 fully saturated rings. The highest BCUT2D eigenvalue weighted by atomic mass is 35.5. The van der Waals surface area contributed by atoms with E-state index >= 15 is 0 Å². The zero-order chi connectivity index (χ0) is 27.1. The maximum absolute atomic E-state index is 13.3. The number of fused-ring (bicyclic) bond motifs is 3. The highest BCUT2D eigenvalue weighted by molar-refractivity contribution is 6.15. The molecule has 1 amide bonds. The lowest BCUT2D eigenvalue weighted by atomic mass is 9.79. The fourth-order valence-corrected chi connectivity index (χ4v) is 5.62. The van der Waals surface area contributed by atoms with Crippen LogP contribution in [0.5, 0.6) is 11.5 Å². The van der Waals surface area contributed by atoms with Gasteiger partial charge in [-0.05, 0) is 76.5 Å². The van der Waals surface area contributed by atoms with E-state index in [2.05, 4.69) is 50.1 Å². The van der Waals surface area contributed by atoms with Gasteiger partial charge in [-0.3, -0.25) is 9.79 Å². The highest BCUT2D eigenvalue weighted by Crippen LogP contribution is 2.42. The van der Waals surface area contributed by atoms with Crippen molar-refractivity contribution in [2.75, 3.05) is 46.4 Å². The van der Waals surface area contributed by atoms with Gasteiger partial charge in [-0.25, -0.2) is 0 Å². The van der Waals surface area contributed by atoms with E-state index in [0.717, 1.165) is 92.2 Å². The number of unbranched alkanes of at least 4 members (excludes halogenated alkanes) is 2. The Bertz CT molecular complexity index is 1110. The number of likely N-dealkylation sites (N-methyl/N-ethyl adjacent to an activating group) is 1. The molecule has 0 spiro atoms. The number of aliphatic imine (C=N–C) groups is 1. The van der Waals surface area contributed by atoms with Crippen LogP contribution < -0.4 is 9.47 Å². The molecule has 39 heavy (non-hydrogen) atoms. The Morgan fingerprint density at radius 2 is 1.59 bits per heavy atom. The van der Waals surface area contributed by atoms with Gasteiger partial charge in [-0.15, -0.1) is 12.4 Å². The van der Waals surface area contributed by atoms with Crippen LogP contribution >= 0.6 is 12.4 Å². The number of piperidine rings is 1. The van der Waals surface area contributed by atoms with Crippen LogP contribution in [0.2, 0.25) is 0 Å². The molecule has 0 saturated carbocycles. The molecular formula is C32H46ClN3O3. The van der Waals surface area contributed by atoms with Crippen LogP contribution in [0.3, 0.4) is 0 Å². The highest BCUT2D eigenvalue weighted by Gasteiger charge is 2.36. The number of hydrogen-bond donors (Lipinski definition) is 0. The maximum atomic E-state index is 13.3. The van der Waals surface area contributed by atoms with E-state index < -0.39 is 0 Å². The maximum Gasteiger partial charge on any atom is 0.253 e. The molecule has 2 aliphatic rings. The standard InChI is InChI=1S/C32H45N3O3.ClH/c1-6-10-17-35(18-11-7-2)32(36)24-14-12-23(13-15-24)31-26-21-30(38-9-4)29(37-8-3)20-25(26)27-22-34(5)19-16-28(27)33-31;/h12-15,20-21,27-28H,6-11,16-19,22H2,1-5H3;1H. The van der Waals surface area contributed by atoms with Gasteiger partial charge in [0.15, 0.2) is 11.5 Å². The summed E-state index contributed by atoms with van der Waals surface area (Å²) in [6.07, 6.45) is 5.26. The Hall–Kier alpha value is -2.57. The summed E-state index contributed by atoms with van der Waals surface area (Å²) in [4.78, 5) is 23.1. The van der Waals surface area contributed by atoms with Crippen molar-refractivity contribution < 1.29 is 14.3 Å². The summed E-state index contributed by atoms with van der Waals surface area (Å²) in [6.45, 7) is 13.2. The lowest BCUT2D eigenvalue weighted by molar-refractivity contribution is 0.0751. The number of nitrogens with zero attached hydrogens (tertiary/aromatic N) is 3. The van der Waals surface area contributed by atoms with E-state index in [4.69, 9.17) is 14.5 Å². The third-order valence-corrected chi connectivity index (χ3v) is 7.70. The van der Waals surface area contributed by atoms with Crippen LogP contribution in [0.1, 0.15) is 92.8 Å². The zero-order valence-corrected chi connectivity index (χ0v) is 25.2. The SMILES string of the molecule is CCCCN(CCCC)C(=O)c1ccc(C2=NC3CCN(C)CC3c3cc(OCC)c(OCC)cc32)cc1.Cl. The van der Waals surface area contributed by atoms with Gasteiger partial charge >= 0.3 is 0 Å². The van der Waals surface area contributed by atoms with Gasteiger partial charge < -0.3 is 19.3 Å². The first kappa shape index (κ1) is 31.0. The molecule has 2 aromatic rings. The van der Waals surface area contributed by atoms with Gasteiger partial charge in [0, 0.05) is 42.2 Å². The molecule has 2 heterocycles. The number of amides is 1. The van der Waals surface area contributed by atoms with Crippen molar-refractivity contribution in [3.05, 3.63) is 58.7 Å². The monoisotopic (exact) mass is 555 g/mol. The van der Waals surface area contributed by atoms with Crippen molar-refractivity contribution in [1.82, 2.24) is 9.80 Å². The average molecular weight is 556 g/mol. The number of likely N-dealkylation sites (tertiary alicyclic amines) is 1.